The fraction of sp³-hybridized carbons (Fsp3) is 0.235. The molecule has 0 atom stereocenters. The normalized spacial score (nSPS) is 10.0. The fourth-order valence-electron chi connectivity index (χ4n) is 2.15. The molecule has 110 valence electrons. The molecule has 0 fully saturated rings. The van der Waals surface area contributed by atoms with Gasteiger partial charge in [-0.1, -0.05) is 36.4 Å². The Hall–Kier alpha value is -2.49. The monoisotopic (exact) mass is 285 g/mol. The molecule has 0 saturated heterocycles. The van der Waals surface area contributed by atoms with Crippen LogP contribution in [0.2, 0.25) is 0 Å². The molecule has 0 aromatic heterocycles. The number of amides is 1. The molecule has 0 radical (unpaired) electrons. The first-order valence-electron chi connectivity index (χ1n) is 6.73. The maximum atomic E-state index is 11.8. The van der Waals surface area contributed by atoms with Gasteiger partial charge in [0.1, 0.15) is 12.4 Å². The van der Waals surface area contributed by atoms with E-state index in [1.165, 1.54) is 0 Å². The minimum absolute atomic E-state index is 0.245. The smallest absolute Gasteiger partial charge is 0.411 e. The number of rotatable bonds is 4. The van der Waals surface area contributed by atoms with Crippen molar-refractivity contribution in [2.24, 2.45) is 0 Å². The Morgan fingerprint density at radius 1 is 1.10 bits per heavy atom. The number of benzene rings is 2. The second-order valence-electron chi connectivity index (χ2n) is 4.78. The van der Waals surface area contributed by atoms with Crippen molar-refractivity contribution in [2.75, 3.05) is 12.4 Å². The third-order valence-corrected chi connectivity index (χ3v) is 3.26. The van der Waals surface area contributed by atoms with Gasteiger partial charge in [-0.3, -0.25) is 5.32 Å². The molecule has 0 aliphatic carbocycles. The van der Waals surface area contributed by atoms with E-state index in [1.807, 2.05) is 56.3 Å². The first kappa shape index (κ1) is 14.9. The van der Waals surface area contributed by atoms with Crippen LogP contribution in [0.1, 0.15) is 16.7 Å². The van der Waals surface area contributed by atoms with E-state index < -0.39 is 6.09 Å². The molecule has 4 nitrogen and oxygen atoms in total. The maximum absolute atomic E-state index is 11.8. The Morgan fingerprint density at radius 3 is 2.48 bits per heavy atom. The quantitative estimate of drug-likeness (QED) is 0.921. The van der Waals surface area contributed by atoms with Gasteiger partial charge in [-0.25, -0.2) is 4.79 Å². The van der Waals surface area contributed by atoms with E-state index in [2.05, 4.69) is 5.32 Å². The molecule has 0 bridgehead atoms. The van der Waals surface area contributed by atoms with Crippen LogP contribution in [0, 0.1) is 13.8 Å². The average molecular weight is 285 g/mol. The molecule has 0 saturated carbocycles. The molecule has 4 heteroatoms. The van der Waals surface area contributed by atoms with Crippen molar-refractivity contribution in [1.29, 1.82) is 0 Å². The van der Waals surface area contributed by atoms with Gasteiger partial charge in [0, 0.05) is 5.56 Å². The summed E-state index contributed by atoms with van der Waals surface area (Å²) in [5.74, 6) is 0.774. The van der Waals surface area contributed by atoms with Crippen molar-refractivity contribution in [2.45, 2.75) is 20.5 Å². The van der Waals surface area contributed by atoms with Crippen molar-refractivity contribution in [3.63, 3.8) is 0 Å². The standard InChI is InChI=1S/C17H19NO3/c1-12-9-10-15(13(2)16(12)20-3)18-17(19)21-11-14-7-5-4-6-8-14/h4-10H,11H2,1-3H3,(H,18,19). The largest absolute Gasteiger partial charge is 0.496 e. The van der Waals surface area contributed by atoms with Crippen molar-refractivity contribution in [3.05, 3.63) is 59.2 Å². The molecule has 0 unspecified atom stereocenters. The van der Waals surface area contributed by atoms with Crippen molar-refractivity contribution < 1.29 is 14.3 Å². The lowest BCUT2D eigenvalue weighted by Crippen LogP contribution is -2.14. The van der Waals surface area contributed by atoms with Crippen LogP contribution in [0.3, 0.4) is 0 Å². The molecule has 1 N–H and O–H groups in total. The summed E-state index contributed by atoms with van der Waals surface area (Å²) in [6.45, 7) is 4.11. The van der Waals surface area contributed by atoms with E-state index in [1.54, 1.807) is 7.11 Å². The van der Waals surface area contributed by atoms with Crippen LogP contribution >= 0.6 is 0 Å². The van der Waals surface area contributed by atoms with Gasteiger partial charge in [0.05, 0.1) is 12.8 Å². The number of anilines is 1. The zero-order valence-electron chi connectivity index (χ0n) is 12.5. The summed E-state index contributed by atoms with van der Waals surface area (Å²) >= 11 is 0. The highest BCUT2D eigenvalue weighted by molar-refractivity contribution is 5.86. The molecule has 1 amide bonds. The van der Waals surface area contributed by atoms with Crippen LogP contribution in [0.25, 0.3) is 0 Å². The number of methoxy groups -OCH3 is 1. The third kappa shape index (κ3) is 3.75. The second kappa shape index (κ2) is 6.79. The SMILES string of the molecule is COc1c(C)ccc(NC(=O)OCc2ccccc2)c1C. The Kier molecular flexibility index (Phi) is 4.82. The first-order chi connectivity index (χ1) is 10.1. The Balaban J connectivity index is 2.00. The van der Waals surface area contributed by atoms with E-state index in [0.29, 0.717) is 5.69 Å². The van der Waals surface area contributed by atoms with Crippen molar-refractivity contribution >= 4 is 11.8 Å². The van der Waals surface area contributed by atoms with E-state index in [-0.39, 0.29) is 6.61 Å². The summed E-state index contributed by atoms with van der Waals surface area (Å²) in [4.78, 5) is 11.8. The van der Waals surface area contributed by atoms with Gasteiger partial charge in [0.25, 0.3) is 0 Å². The van der Waals surface area contributed by atoms with Crippen LogP contribution in [-0.2, 0) is 11.3 Å². The zero-order chi connectivity index (χ0) is 15.2. The molecule has 0 spiro atoms. The third-order valence-electron chi connectivity index (χ3n) is 3.26. The van der Waals surface area contributed by atoms with Gasteiger partial charge < -0.3 is 9.47 Å². The zero-order valence-corrected chi connectivity index (χ0v) is 12.5. The van der Waals surface area contributed by atoms with Crippen LogP contribution in [0.5, 0.6) is 5.75 Å². The van der Waals surface area contributed by atoms with Gasteiger partial charge in [-0.05, 0) is 31.0 Å². The highest BCUT2D eigenvalue weighted by Gasteiger charge is 2.11. The van der Waals surface area contributed by atoms with Gasteiger partial charge in [-0.2, -0.15) is 0 Å². The minimum atomic E-state index is -0.479. The van der Waals surface area contributed by atoms with Gasteiger partial charge >= 0.3 is 6.09 Å². The van der Waals surface area contributed by atoms with Crippen molar-refractivity contribution in [1.82, 2.24) is 0 Å². The summed E-state index contributed by atoms with van der Waals surface area (Å²) in [7, 11) is 1.62. The topological polar surface area (TPSA) is 47.6 Å². The second-order valence-corrected chi connectivity index (χ2v) is 4.78. The fourth-order valence-corrected chi connectivity index (χ4v) is 2.15. The molecule has 0 heterocycles. The van der Waals surface area contributed by atoms with Gasteiger partial charge in [0.2, 0.25) is 0 Å². The molecule has 0 aliphatic rings. The lowest BCUT2D eigenvalue weighted by atomic mass is 10.1. The molecule has 21 heavy (non-hydrogen) atoms. The van der Waals surface area contributed by atoms with Crippen LogP contribution in [-0.4, -0.2) is 13.2 Å². The molecule has 2 rings (SSSR count). The highest BCUT2D eigenvalue weighted by Crippen LogP contribution is 2.29. The number of carbonyl (C=O) groups excluding carboxylic acids is 1. The van der Waals surface area contributed by atoms with Gasteiger partial charge in [0.15, 0.2) is 0 Å². The molecular weight excluding hydrogens is 266 g/mol. The van der Waals surface area contributed by atoms with E-state index in [0.717, 1.165) is 22.4 Å². The lowest BCUT2D eigenvalue weighted by Gasteiger charge is -2.14. The predicted molar refractivity (Wildman–Crippen MR) is 82.7 cm³/mol. The summed E-state index contributed by atoms with van der Waals surface area (Å²) < 4.78 is 10.5. The number of aryl methyl sites for hydroxylation is 1. The lowest BCUT2D eigenvalue weighted by molar-refractivity contribution is 0.155. The summed E-state index contributed by atoms with van der Waals surface area (Å²) in [6.07, 6.45) is -0.479. The minimum Gasteiger partial charge on any atom is -0.496 e. The van der Waals surface area contributed by atoms with E-state index in [9.17, 15) is 4.79 Å². The predicted octanol–water partition coefficient (Wildman–Crippen LogP) is 4.06. The van der Waals surface area contributed by atoms with E-state index in [4.69, 9.17) is 9.47 Å². The van der Waals surface area contributed by atoms with Crippen LogP contribution in [0.15, 0.2) is 42.5 Å². The average Bonchev–Trinajstić information content (AvgIpc) is 2.50. The number of hydrogen-bond acceptors (Lipinski definition) is 3. The molecular formula is C17H19NO3. The van der Waals surface area contributed by atoms with Gasteiger partial charge in [-0.15, -0.1) is 0 Å². The number of nitrogens with one attached hydrogen (secondary N) is 1. The molecule has 2 aromatic carbocycles. The van der Waals surface area contributed by atoms with Crippen LogP contribution < -0.4 is 10.1 Å². The molecule has 0 aliphatic heterocycles. The van der Waals surface area contributed by atoms with E-state index >= 15 is 0 Å². The Morgan fingerprint density at radius 2 is 1.81 bits per heavy atom. The molecule has 2 aromatic rings. The highest BCUT2D eigenvalue weighted by atomic mass is 16.5. The van der Waals surface area contributed by atoms with Crippen LogP contribution in [0.4, 0.5) is 10.5 Å². The maximum Gasteiger partial charge on any atom is 0.411 e. The number of hydrogen-bond donors (Lipinski definition) is 1. The Bertz CT molecular complexity index is 623. The summed E-state index contributed by atoms with van der Waals surface area (Å²) in [6, 6.07) is 13.3. The first-order valence-corrected chi connectivity index (χ1v) is 6.73. The summed E-state index contributed by atoms with van der Waals surface area (Å²) in [5, 5.41) is 2.74. The van der Waals surface area contributed by atoms with Crippen molar-refractivity contribution in [3.8, 4) is 5.75 Å². The summed E-state index contributed by atoms with van der Waals surface area (Å²) in [5.41, 5.74) is 3.55. The Labute approximate surface area is 124 Å². The number of carbonyl (C=O) groups is 1. The number of ether oxygens (including phenoxy) is 2.